The van der Waals surface area contributed by atoms with Crippen LogP contribution < -0.4 is 15.6 Å². The minimum absolute atomic E-state index is 0.111. The molecule has 1 aromatic carbocycles. The zero-order chi connectivity index (χ0) is 26.1. The second-order valence-electron chi connectivity index (χ2n) is 10.1. The molecule has 0 saturated heterocycles. The highest BCUT2D eigenvalue weighted by Crippen LogP contribution is 2.34. The molecule has 36 heavy (non-hydrogen) atoms. The van der Waals surface area contributed by atoms with Crippen LogP contribution in [-0.4, -0.2) is 48.1 Å². The number of rotatable bonds is 7. The van der Waals surface area contributed by atoms with Crippen molar-refractivity contribution in [2.45, 2.75) is 72.0 Å². The Morgan fingerprint density at radius 3 is 2.39 bits per heavy atom. The van der Waals surface area contributed by atoms with Gasteiger partial charge in [0, 0.05) is 59.1 Å². The van der Waals surface area contributed by atoms with Gasteiger partial charge in [-0.05, 0) is 85.2 Å². The number of nitrogens with zero attached hydrogens (tertiary/aromatic N) is 3. The first-order chi connectivity index (χ1) is 17.1. The lowest BCUT2D eigenvalue weighted by atomic mass is 9.89. The number of halogens is 1. The first kappa shape index (κ1) is 26.3. The van der Waals surface area contributed by atoms with E-state index in [1.54, 1.807) is 10.6 Å². The molecule has 1 saturated carbocycles. The molecule has 0 radical (unpaired) electrons. The van der Waals surface area contributed by atoms with Crippen LogP contribution in [-0.2, 0) is 6.54 Å². The monoisotopic (exact) mass is 512 g/mol. The van der Waals surface area contributed by atoms with Gasteiger partial charge in [0.1, 0.15) is 5.76 Å². The Labute approximate surface area is 218 Å². The van der Waals surface area contributed by atoms with Crippen molar-refractivity contribution < 1.29 is 9.32 Å². The minimum atomic E-state index is -0.247. The Morgan fingerprint density at radius 1 is 1.08 bits per heavy atom. The van der Waals surface area contributed by atoms with E-state index in [1.807, 2.05) is 32.9 Å². The van der Waals surface area contributed by atoms with Crippen molar-refractivity contribution in [3.05, 3.63) is 67.7 Å². The number of anilines is 1. The van der Waals surface area contributed by atoms with Crippen molar-refractivity contribution >= 4 is 28.7 Å². The fourth-order valence-corrected chi connectivity index (χ4v) is 5.78. The predicted molar refractivity (Wildman–Crippen MR) is 146 cm³/mol. The van der Waals surface area contributed by atoms with E-state index in [4.69, 9.17) is 16.1 Å². The number of fused-ring (bicyclic) bond motifs is 1. The zero-order valence-corrected chi connectivity index (χ0v) is 22.9. The summed E-state index contributed by atoms with van der Waals surface area (Å²) in [6.45, 7) is 8.75. The maximum atomic E-state index is 13.3. The molecule has 2 heterocycles. The fourth-order valence-electron chi connectivity index (χ4n) is 5.56. The number of hydrogen-bond donors (Lipinski definition) is 1. The van der Waals surface area contributed by atoms with E-state index in [0.29, 0.717) is 39.4 Å². The molecule has 1 fully saturated rings. The van der Waals surface area contributed by atoms with Crippen LogP contribution in [0.4, 0.5) is 5.69 Å². The molecule has 194 valence electrons. The van der Waals surface area contributed by atoms with Gasteiger partial charge >= 0.3 is 0 Å². The number of benzene rings is 1. The van der Waals surface area contributed by atoms with Gasteiger partial charge in [-0.1, -0.05) is 11.6 Å². The molecular formula is C28H37ClN4O3. The molecule has 1 N–H and O–H groups in total. The van der Waals surface area contributed by atoms with Gasteiger partial charge in [0.25, 0.3) is 5.91 Å². The Bertz CT molecular complexity index is 1320. The number of amides is 1. The van der Waals surface area contributed by atoms with E-state index in [-0.39, 0.29) is 17.9 Å². The van der Waals surface area contributed by atoms with Gasteiger partial charge in [-0.3, -0.25) is 9.59 Å². The Kier molecular flexibility index (Phi) is 7.81. The standard InChI is InChI=1S/C28H37ClN4O3/c1-7-32(22-10-8-21(9-11-22)31(5)6)26-14-20(29)13-24(18(26)3)28(35)30-16-25-19(4)33-23(15-27(25)34)12-17(2)36-33/h12-15,21-22H,7-11,16H2,1-6H3,(H,30,35). The highest BCUT2D eigenvalue weighted by molar-refractivity contribution is 6.31. The van der Waals surface area contributed by atoms with Crippen molar-refractivity contribution in [2.24, 2.45) is 0 Å². The molecule has 0 spiro atoms. The normalized spacial score (nSPS) is 18.1. The lowest BCUT2D eigenvalue weighted by Gasteiger charge is -2.40. The van der Waals surface area contributed by atoms with Crippen molar-refractivity contribution in [1.82, 2.24) is 14.8 Å². The van der Waals surface area contributed by atoms with Crippen molar-refractivity contribution in [1.29, 1.82) is 0 Å². The molecule has 4 rings (SSSR count). The molecule has 2 aromatic heterocycles. The van der Waals surface area contributed by atoms with Crippen molar-refractivity contribution in [2.75, 3.05) is 25.5 Å². The van der Waals surface area contributed by atoms with Crippen molar-refractivity contribution in [3.8, 4) is 0 Å². The van der Waals surface area contributed by atoms with Crippen LogP contribution in [0.2, 0.25) is 5.02 Å². The summed E-state index contributed by atoms with van der Waals surface area (Å²) in [7, 11) is 4.30. The molecule has 0 unspecified atom stereocenters. The molecule has 3 aromatic rings. The van der Waals surface area contributed by atoms with Crippen LogP contribution in [0.3, 0.4) is 0 Å². The number of carbonyl (C=O) groups is 1. The van der Waals surface area contributed by atoms with E-state index in [9.17, 15) is 9.59 Å². The summed E-state index contributed by atoms with van der Waals surface area (Å²) < 4.78 is 7.32. The largest absolute Gasteiger partial charge is 0.380 e. The number of aryl methyl sites for hydroxylation is 2. The number of pyridine rings is 1. The number of hydrogen-bond acceptors (Lipinski definition) is 5. The van der Waals surface area contributed by atoms with Crippen molar-refractivity contribution in [3.63, 3.8) is 0 Å². The van der Waals surface area contributed by atoms with Crippen LogP contribution in [0.5, 0.6) is 0 Å². The van der Waals surface area contributed by atoms with Gasteiger partial charge < -0.3 is 19.6 Å². The number of carbonyl (C=O) groups excluding carboxylic acids is 1. The van der Waals surface area contributed by atoms with Gasteiger partial charge in [-0.15, -0.1) is 0 Å². The maximum Gasteiger partial charge on any atom is 0.251 e. The SMILES string of the molecule is CCN(c1cc(Cl)cc(C(=O)NCc2c(C)n3oc(C)cc3cc2=O)c1C)C1CCC(N(C)C)CC1. The quantitative estimate of drug-likeness (QED) is 0.477. The molecule has 0 atom stereocenters. The highest BCUT2D eigenvalue weighted by atomic mass is 35.5. The minimum Gasteiger partial charge on any atom is -0.380 e. The second kappa shape index (κ2) is 10.7. The third kappa shape index (κ3) is 5.18. The third-order valence-corrected chi connectivity index (χ3v) is 7.86. The molecule has 8 heteroatoms. The van der Waals surface area contributed by atoms with E-state index >= 15 is 0 Å². The molecule has 0 bridgehead atoms. The first-order valence-electron chi connectivity index (χ1n) is 12.7. The van der Waals surface area contributed by atoms with E-state index in [1.165, 1.54) is 6.07 Å². The molecule has 1 aliphatic rings. The van der Waals surface area contributed by atoms with Gasteiger partial charge in [-0.2, -0.15) is 4.57 Å². The zero-order valence-electron chi connectivity index (χ0n) is 22.2. The first-order valence-corrected chi connectivity index (χ1v) is 13.1. The average Bonchev–Trinajstić information content (AvgIpc) is 3.21. The molecule has 1 aliphatic carbocycles. The Hall–Kier alpha value is -2.77. The van der Waals surface area contributed by atoms with Crippen LogP contribution >= 0.6 is 11.6 Å². The van der Waals surface area contributed by atoms with Gasteiger partial charge in [0.05, 0.1) is 11.2 Å². The summed E-state index contributed by atoms with van der Waals surface area (Å²) in [5.41, 5.74) is 4.21. The molecule has 1 amide bonds. The number of aromatic nitrogens is 1. The highest BCUT2D eigenvalue weighted by Gasteiger charge is 2.28. The van der Waals surface area contributed by atoms with Crippen LogP contribution in [0.1, 0.15) is 65.5 Å². The average molecular weight is 513 g/mol. The summed E-state index contributed by atoms with van der Waals surface area (Å²) in [6.07, 6.45) is 4.55. The van der Waals surface area contributed by atoms with E-state index in [0.717, 1.165) is 49.2 Å². The van der Waals surface area contributed by atoms with Crippen LogP contribution in [0.15, 0.2) is 33.6 Å². The smallest absolute Gasteiger partial charge is 0.251 e. The summed E-state index contributed by atoms with van der Waals surface area (Å²) >= 11 is 6.53. The van der Waals surface area contributed by atoms with Gasteiger partial charge in [-0.25, -0.2) is 0 Å². The molecule has 0 aliphatic heterocycles. The Balaban J connectivity index is 1.56. The van der Waals surface area contributed by atoms with E-state index < -0.39 is 0 Å². The summed E-state index contributed by atoms with van der Waals surface area (Å²) in [6, 6.07) is 8.09. The van der Waals surface area contributed by atoms with Crippen LogP contribution in [0, 0.1) is 20.8 Å². The molecule has 7 nitrogen and oxygen atoms in total. The predicted octanol–water partition coefficient (Wildman–Crippen LogP) is 5.10. The maximum absolute atomic E-state index is 13.3. The van der Waals surface area contributed by atoms with E-state index in [2.05, 4.69) is 36.1 Å². The second-order valence-corrected chi connectivity index (χ2v) is 10.6. The lowest BCUT2D eigenvalue weighted by Crippen LogP contribution is -2.42. The Morgan fingerprint density at radius 2 is 1.75 bits per heavy atom. The fraction of sp³-hybridized carbons (Fsp3) is 0.500. The lowest BCUT2D eigenvalue weighted by molar-refractivity contribution is 0.0950. The molecular weight excluding hydrogens is 476 g/mol. The van der Waals surface area contributed by atoms with Crippen LogP contribution in [0.25, 0.3) is 5.52 Å². The van der Waals surface area contributed by atoms with Gasteiger partial charge in [0.2, 0.25) is 0 Å². The summed E-state index contributed by atoms with van der Waals surface area (Å²) in [5.74, 6) is 0.472. The number of nitrogens with one attached hydrogen (secondary N) is 1. The summed E-state index contributed by atoms with van der Waals surface area (Å²) in [4.78, 5) is 30.7. The summed E-state index contributed by atoms with van der Waals surface area (Å²) in [5, 5.41) is 3.47. The topological polar surface area (TPSA) is 70.2 Å². The van der Waals surface area contributed by atoms with Gasteiger partial charge in [0.15, 0.2) is 5.43 Å². The third-order valence-electron chi connectivity index (χ3n) is 7.64.